The Hall–Kier alpha value is -1.65. The topological polar surface area (TPSA) is 58.3 Å². The van der Waals surface area contributed by atoms with E-state index in [-0.39, 0.29) is 6.04 Å². The van der Waals surface area contributed by atoms with E-state index < -0.39 is 6.10 Å². The van der Waals surface area contributed by atoms with Gasteiger partial charge in [0.15, 0.2) is 0 Å². The number of aromatic nitrogens is 1. The summed E-state index contributed by atoms with van der Waals surface area (Å²) in [6, 6.07) is 7.77. The maximum Gasteiger partial charge on any atom is 0.132 e. The number of aliphatic hydroxyl groups excluding tert-OH is 1. The van der Waals surface area contributed by atoms with Crippen LogP contribution in [0.5, 0.6) is 0 Å². The summed E-state index contributed by atoms with van der Waals surface area (Å²) in [6.07, 6.45) is 3.43. The Balaban J connectivity index is 1.82. The molecule has 2 rings (SSSR count). The summed E-state index contributed by atoms with van der Waals surface area (Å²) in [7, 11) is 0. The number of aryl methyl sites for hydroxylation is 1. The molecule has 2 aromatic heterocycles. The zero-order valence-electron chi connectivity index (χ0n) is 11.3. The van der Waals surface area contributed by atoms with E-state index in [1.165, 1.54) is 5.56 Å². The van der Waals surface area contributed by atoms with Gasteiger partial charge >= 0.3 is 0 Å². The Bertz CT molecular complexity index is 497. The Kier molecular flexibility index (Phi) is 4.71. The van der Waals surface area contributed by atoms with E-state index in [9.17, 15) is 5.11 Å². The second-order valence-corrected chi connectivity index (χ2v) is 4.80. The zero-order chi connectivity index (χ0) is 13.7. The van der Waals surface area contributed by atoms with Gasteiger partial charge in [-0.15, -0.1) is 0 Å². The van der Waals surface area contributed by atoms with Crippen molar-refractivity contribution < 1.29 is 9.52 Å². The van der Waals surface area contributed by atoms with Gasteiger partial charge in [-0.05, 0) is 44.0 Å². The molecule has 2 aromatic rings. The van der Waals surface area contributed by atoms with Crippen LogP contribution >= 0.6 is 0 Å². The second kappa shape index (κ2) is 6.50. The minimum Gasteiger partial charge on any atom is -0.467 e. The first-order chi connectivity index (χ1) is 9.16. The highest BCUT2D eigenvalue weighted by Gasteiger charge is 2.14. The summed E-state index contributed by atoms with van der Waals surface area (Å²) in [5, 5.41) is 13.4. The van der Waals surface area contributed by atoms with Crippen LogP contribution in [0.3, 0.4) is 0 Å². The molecule has 0 fully saturated rings. The van der Waals surface area contributed by atoms with Gasteiger partial charge in [0.25, 0.3) is 0 Å². The normalized spacial score (nSPS) is 14.3. The summed E-state index contributed by atoms with van der Waals surface area (Å²) in [6.45, 7) is 4.81. The van der Waals surface area contributed by atoms with Crippen molar-refractivity contribution in [3.63, 3.8) is 0 Å². The molecule has 2 atom stereocenters. The first kappa shape index (κ1) is 13.8. The lowest BCUT2D eigenvalue weighted by molar-refractivity contribution is 0.128. The molecule has 0 spiro atoms. The van der Waals surface area contributed by atoms with Gasteiger partial charge < -0.3 is 14.8 Å². The van der Waals surface area contributed by atoms with Crippen molar-refractivity contribution in [3.8, 4) is 0 Å². The quantitative estimate of drug-likeness (QED) is 0.838. The average Bonchev–Trinajstić information content (AvgIpc) is 2.91. The summed E-state index contributed by atoms with van der Waals surface area (Å²) < 4.78 is 5.19. The maximum absolute atomic E-state index is 9.99. The second-order valence-electron chi connectivity index (χ2n) is 4.80. The van der Waals surface area contributed by atoms with Crippen molar-refractivity contribution in [1.82, 2.24) is 10.3 Å². The fraction of sp³-hybridized carbons (Fsp3) is 0.400. The van der Waals surface area contributed by atoms with E-state index >= 15 is 0 Å². The summed E-state index contributed by atoms with van der Waals surface area (Å²) in [5.74, 6) is 0.617. The van der Waals surface area contributed by atoms with E-state index in [0.29, 0.717) is 12.2 Å². The largest absolute Gasteiger partial charge is 0.467 e. The van der Waals surface area contributed by atoms with Gasteiger partial charge in [0, 0.05) is 24.5 Å². The molecule has 0 aliphatic heterocycles. The number of nitrogens with one attached hydrogen (secondary N) is 1. The highest BCUT2D eigenvalue weighted by atomic mass is 16.4. The highest BCUT2D eigenvalue weighted by molar-refractivity contribution is 5.17. The summed E-state index contributed by atoms with van der Waals surface area (Å²) in [4.78, 5) is 4.25. The van der Waals surface area contributed by atoms with Crippen LogP contribution in [0.1, 0.15) is 36.5 Å². The van der Waals surface area contributed by atoms with Crippen molar-refractivity contribution in [1.29, 1.82) is 0 Å². The lowest BCUT2D eigenvalue weighted by Crippen LogP contribution is -2.27. The molecule has 102 valence electrons. The van der Waals surface area contributed by atoms with Gasteiger partial charge in [0.05, 0.1) is 6.26 Å². The van der Waals surface area contributed by atoms with Gasteiger partial charge in [0.2, 0.25) is 0 Å². The van der Waals surface area contributed by atoms with Crippen LogP contribution in [0.4, 0.5) is 0 Å². The lowest BCUT2D eigenvalue weighted by atomic mass is 10.1. The number of furan rings is 1. The summed E-state index contributed by atoms with van der Waals surface area (Å²) >= 11 is 0. The molecule has 19 heavy (non-hydrogen) atoms. The van der Waals surface area contributed by atoms with Crippen LogP contribution in [0.25, 0.3) is 0 Å². The molecule has 0 amide bonds. The number of hydrogen-bond acceptors (Lipinski definition) is 4. The molecule has 4 nitrogen and oxygen atoms in total. The van der Waals surface area contributed by atoms with Crippen molar-refractivity contribution in [2.45, 2.75) is 39.0 Å². The molecule has 0 saturated heterocycles. The van der Waals surface area contributed by atoms with Crippen LogP contribution < -0.4 is 5.32 Å². The van der Waals surface area contributed by atoms with Gasteiger partial charge in [-0.3, -0.25) is 4.98 Å². The van der Waals surface area contributed by atoms with Crippen LogP contribution in [0.15, 0.2) is 41.1 Å². The monoisotopic (exact) mass is 260 g/mol. The molecule has 0 unspecified atom stereocenters. The number of pyridine rings is 1. The van der Waals surface area contributed by atoms with Crippen molar-refractivity contribution in [2.24, 2.45) is 0 Å². The molecule has 0 bridgehead atoms. The Morgan fingerprint density at radius 3 is 2.89 bits per heavy atom. The molecular weight excluding hydrogens is 240 g/mol. The maximum atomic E-state index is 9.99. The predicted octanol–water partition coefficient (Wildman–Crippen LogP) is 2.58. The third kappa shape index (κ3) is 3.91. The van der Waals surface area contributed by atoms with Crippen LogP contribution in [0, 0.1) is 6.92 Å². The average molecular weight is 260 g/mol. The fourth-order valence-electron chi connectivity index (χ4n) is 2.00. The third-order valence-electron chi connectivity index (χ3n) is 3.21. The molecule has 4 heteroatoms. The minimum absolute atomic E-state index is 0.194. The molecular formula is C15H20N2O2. The Labute approximate surface area is 113 Å². The van der Waals surface area contributed by atoms with E-state index in [0.717, 1.165) is 12.2 Å². The van der Waals surface area contributed by atoms with Crippen molar-refractivity contribution in [3.05, 3.63) is 53.7 Å². The van der Waals surface area contributed by atoms with Gasteiger partial charge in [-0.1, -0.05) is 6.07 Å². The fourth-order valence-corrected chi connectivity index (χ4v) is 2.00. The smallest absolute Gasteiger partial charge is 0.132 e. The third-order valence-corrected chi connectivity index (χ3v) is 3.21. The molecule has 0 aromatic carbocycles. The molecule has 2 heterocycles. The van der Waals surface area contributed by atoms with Crippen molar-refractivity contribution in [2.75, 3.05) is 0 Å². The van der Waals surface area contributed by atoms with Crippen LogP contribution in [0.2, 0.25) is 0 Å². The predicted molar refractivity (Wildman–Crippen MR) is 73.6 cm³/mol. The number of aliphatic hydroxyl groups is 1. The Morgan fingerprint density at radius 2 is 2.21 bits per heavy atom. The zero-order valence-corrected chi connectivity index (χ0v) is 11.3. The lowest BCUT2D eigenvalue weighted by Gasteiger charge is -2.17. The van der Waals surface area contributed by atoms with Crippen LogP contribution in [-0.2, 0) is 6.54 Å². The van der Waals surface area contributed by atoms with Gasteiger partial charge in [-0.25, -0.2) is 0 Å². The molecule has 0 aliphatic carbocycles. The minimum atomic E-state index is -0.563. The molecule has 0 saturated carbocycles. The first-order valence-electron chi connectivity index (χ1n) is 6.52. The van der Waals surface area contributed by atoms with Gasteiger partial charge in [0.1, 0.15) is 11.9 Å². The van der Waals surface area contributed by atoms with E-state index in [1.807, 2.05) is 13.0 Å². The van der Waals surface area contributed by atoms with E-state index in [2.05, 4.69) is 23.3 Å². The molecule has 0 aliphatic rings. The molecule has 2 N–H and O–H groups in total. The number of rotatable bonds is 6. The Morgan fingerprint density at radius 1 is 1.37 bits per heavy atom. The standard InChI is InChI=1S/C15H20N2O2/c1-11(9-14(18)15-6-4-8-19-15)17-10-13-5-3-7-16-12(13)2/h3-8,11,14,17-18H,9-10H2,1-2H3/t11-,14-/m1/s1. The number of hydrogen-bond donors (Lipinski definition) is 2. The van der Waals surface area contributed by atoms with Gasteiger partial charge in [-0.2, -0.15) is 0 Å². The first-order valence-corrected chi connectivity index (χ1v) is 6.52. The SMILES string of the molecule is Cc1ncccc1CN[C@H](C)C[C@@H](O)c1ccco1. The van der Waals surface area contributed by atoms with E-state index in [4.69, 9.17) is 4.42 Å². The summed E-state index contributed by atoms with van der Waals surface area (Å²) in [5.41, 5.74) is 2.22. The highest BCUT2D eigenvalue weighted by Crippen LogP contribution is 2.18. The van der Waals surface area contributed by atoms with E-state index in [1.54, 1.807) is 24.6 Å². The van der Waals surface area contributed by atoms with Crippen molar-refractivity contribution >= 4 is 0 Å². The number of nitrogens with zero attached hydrogens (tertiary/aromatic N) is 1. The molecule has 0 radical (unpaired) electrons. The van der Waals surface area contributed by atoms with Crippen LogP contribution in [-0.4, -0.2) is 16.1 Å².